The van der Waals surface area contributed by atoms with Crippen molar-refractivity contribution in [2.45, 2.75) is 69.7 Å². The zero-order valence-corrected chi connectivity index (χ0v) is 16.6. The Balaban J connectivity index is 2.35. The van der Waals surface area contributed by atoms with Gasteiger partial charge >= 0.3 is 0 Å². The normalized spacial score (nSPS) is 28.5. The van der Waals surface area contributed by atoms with Crippen molar-refractivity contribution in [1.29, 1.82) is 0 Å². The van der Waals surface area contributed by atoms with Gasteiger partial charge in [0.25, 0.3) is 0 Å². The van der Waals surface area contributed by atoms with Gasteiger partial charge in [-0.2, -0.15) is 0 Å². The Morgan fingerprint density at radius 2 is 2.05 bits per heavy atom. The zero-order chi connectivity index (χ0) is 16.4. The van der Waals surface area contributed by atoms with Crippen LogP contribution in [0.3, 0.4) is 0 Å². The monoisotopic (exact) mass is 338 g/mol. The molecule has 1 aliphatic heterocycles. The van der Waals surface area contributed by atoms with Crippen LogP contribution in [-0.4, -0.2) is 22.7 Å². The maximum atomic E-state index is 6.67. The molecule has 0 aromatic carbocycles. The predicted octanol–water partition coefficient (Wildman–Crippen LogP) is 5.50. The summed E-state index contributed by atoms with van der Waals surface area (Å²) in [5.41, 5.74) is 0.362. The quantitative estimate of drug-likeness (QED) is 0.507. The van der Waals surface area contributed by atoms with Gasteiger partial charge in [-0.3, -0.25) is 0 Å². The minimum Gasteiger partial charge on any atom is -0.467 e. The third-order valence-electron chi connectivity index (χ3n) is 4.65. The standard InChI is InChI=1S/C17H30O3Si2/c1-7-17-16(19-21(4,5)6)13-15(14-11-10-12-18-14)20-22(17,8-2)9-3/h7,10-12,15-17H,1,8-9,13H2,2-6H3/t15-,16+,17-/m0/s1. The summed E-state index contributed by atoms with van der Waals surface area (Å²) in [4.78, 5) is 0. The molecule has 22 heavy (non-hydrogen) atoms. The van der Waals surface area contributed by atoms with Crippen LogP contribution >= 0.6 is 0 Å². The van der Waals surface area contributed by atoms with E-state index in [1.807, 2.05) is 12.1 Å². The lowest BCUT2D eigenvalue weighted by atomic mass is 10.1. The highest BCUT2D eigenvalue weighted by Crippen LogP contribution is 2.48. The Bertz CT molecular complexity index is 475. The predicted molar refractivity (Wildman–Crippen MR) is 96.0 cm³/mol. The maximum Gasteiger partial charge on any atom is 0.202 e. The molecule has 0 radical (unpaired) electrons. The van der Waals surface area contributed by atoms with E-state index in [2.05, 4.69) is 46.1 Å². The average Bonchev–Trinajstić information content (AvgIpc) is 2.98. The lowest BCUT2D eigenvalue weighted by molar-refractivity contribution is 0.0491. The van der Waals surface area contributed by atoms with Crippen molar-refractivity contribution >= 4 is 16.6 Å². The number of hydrogen-bond donors (Lipinski definition) is 0. The highest BCUT2D eigenvalue weighted by Gasteiger charge is 2.50. The summed E-state index contributed by atoms with van der Waals surface area (Å²) < 4.78 is 18.9. The molecule has 0 N–H and O–H groups in total. The molecule has 0 bridgehead atoms. The molecule has 1 aliphatic rings. The van der Waals surface area contributed by atoms with Crippen molar-refractivity contribution < 1.29 is 13.3 Å². The molecular formula is C17H30O3Si2. The topological polar surface area (TPSA) is 31.6 Å². The molecule has 124 valence electrons. The molecule has 1 aromatic rings. The summed E-state index contributed by atoms with van der Waals surface area (Å²) in [5, 5.41) is 0. The Morgan fingerprint density at radius 1 is 1.36 bits per heavy atom. The van der Waals surface area contributed by atoms with Crippen molar-refractivity contribution in [1.82, 2.24) is 0 Å². The van der Waals surface area contributed by atoms with Crippen molar-refractivity contribution in [2.24, 2.45) is 0 Å². The second-order valence-electron chi connectivity index (χ2n) is 7.16. The summed E-state index contributed by atoms with van der Waals surface area (Å²) in [6.45, 7) is 15.4. The molecule has 0 saturated carbocycles. The van der Waals surface area contributed by atoms with Gasteiger partial charge in [-0.25, -0.2) is 0 Å². The number of hydrogen-bond acceptors (Lipinski definition) is 3. The average molecular weight is 339 g/mol. The third kappa shape index (κ3) is 3.64. The molecule has 1 aromatic heterocycles. The fourth-order valence-electron chi connectivity index (χ4n) is 3.59. The molecule has 0 spiro atoms. The first-order valence-electron chi connectivity index (χ1n) is 8.36. The van der Waals surface area contributed by atoms with E-state index in [9.17, 15) is 0 Å². The van der Waals surface area contributed by atoms with E-state index in [4.69, 9.17) is 13.3 Å². The highest BCUT2D eigenvalue weighted by atomic mass is 28.4. The lowest BCUT2D eigenvalue weighted by Crippen LogP contribution is -2.53. The van der Waals surface area contributed by atoms with Crippen LogP contribution in [0.4, 0.5) is 0 Å². The second kappa shape index (κ2) is 6.87. The molecule has 2 rings (SSSR count). The molecule has 0 amide bonds. The maximum absolute atomic E-state index is 6.67. The summed E-state index contributed by atoms with van der Waals surface area (Å²) in [6.07, 6.45) is 4.93. The molecule has 2 heterocycles. The molecule has 1 fully saturated rings. The second-order valence-corrected chi connectivity index (χ2v) is 16.1. The first-order valence-corrected chi connectivity index (χ1v) is 14.2. The van der Waals surface area contributed by atoms with Gasteiger partial charge in [0.1, 0.15) is 11.9 Å². The van der Waals surface area contributed by atoms with Crippen molar-refractivity contribution in [2.75, 3.05) is 0 Å². The molecule has 1 saturated heterocycles. The van der Waals surface area contributed by atoms with E-state index >= 15 is 0 Å². The van der Waals surface area contributed by atoms with Crippen molar-refractivity contribution in [3.8, 4) is 0 Å². The van der Waals surface area contributed by atoms with Gasteiger partial charge in [-0.05, 0) is 43.9 Å². The molecular weight excluding hydrogens is 308 g/mol. The molecule has 3 nitrogen and oxygen atoms in total. The van der Waals surface area contributed by atoms with Crippen LogP contribution in [0.25, 0.3) is 0 Å². The van der Waals surface area contributed by atoms with Crippen LogP contribution in [0.1, 0.15) is 32.1 Å². The summed E-state index contributed by atoms with van der Waals surface area (Å²) >= 11 is 0. The summed E-state index contributed by atoms with van der Waals surface area (Å²) in [5.74, 6) is 0.936. The fraction of sp³-hybridized carbons (Fsp3) is 0.647. The summed E-state index contributed by atoms with van der Waals surface area (Å²) in [7, 11) is -3.54. The zero-order valence-electron chi connectivity index (χ0n) is 14.6. The van der Waals surface area contributed by atoms with Crippen LogP contribution in [0.5, 0.6) is 0 Å². The molecule has 5 heteroatoms. The lowest BCUT2D eigenvalue weighted by Gasteiger charge is -2.48. The van der Waals surface area contributed by atoms with E-state index in [1.54, 1.807) is 6.26 Å². The van der Waals surface area contributed by atoms with Gasteiger partial charge in [0.2, 0.25) is 8.32 Å². The number of rotatable bonds is 6. The van der Waals surface area contributed by atoms with E-state index in [0.717, 1.165) is 24.3 Å². The molecule has 0 aliphatic carbocycles. The van der Waals surface area contributed by atoms with Gasteiger partial charge in [0.15, 0.2) is 8.32 Å². The van der Waals surface area contributed by atoms with Gasteiger partial charge in [0.05, 0.1) is 12.4 Å². The molecule has 3 atom stereocenters. The Labute approximate surface area is 137 Å². The van der Waals surface area contributed by atoms with Crippen molar-refractivity contribution in [3.63, 3.8) is 0 Å². The van der Waals surface area contributed by atoms with Crippen LogP contribution in [0.2, 0.25) is 37.3 Å². The SMILES string of the molecule is C=C[C@H]1[C@H](O[Si](C)(C)C)C[C@@H](c2ccco2)O[Si]1(CC)CC. The Hall–Kier alpha value is -0.626. The smallest absolute Gasteiger partial charge is 0.202 e. The largest absolute Gasteiger partial charge is 0.467 e. The van der Waals surface area contributed by atoms with Crippen LogP contribution in [0.15, 0.2) is 35.5 Å². The third-order valence-corrected chi connectivity index (χ3v) is 10.6. The minimum atomic E-state index is -1.92. The van der Waals surface area contributed by atoms with Gasteiger partial charge in [-0.15, -0.1) is 6.58 Å². The first-order chi connectivity index (χ1) is 10.3. The van der Waals surface area contributed by atoms with E-state index in [1.165, 1.54) is 0 Å². The van der Waals surface area contributed by atoms with E-state index in [-0.39, 0.29) is 12.2 Å². The van der Waals surface area contributed by atoms with Gasteiger partial charge in [0, 0.05) is 12.0 Å². The molecule has 0 unspecified atom stereocenters. The highest BCUT2D eigenvalue weighted by molar-refractivity contribution is 6.76. The van der Waals surface area contributed by atoms with Crippen LogP contribution in [-0.2, 0) is 8.85 Å². The minimum absolute atomic E-state index is 0.0270. The van der Waals surface area contributed by atoms with Crippen molar-refractivity contribution in [3.05, 3.63) is 36.8 Å². The van der Waals surface area contributed by atoms with E-state index < -0.39 is 16.6 Å². The van der Waals surface area contributed by atoms with Crippen LogP contribution < -0.4 is 0 Å². The summed E-state index contributed by atoms with van der Waals surface area (Å²) in [6, 6.07) is 6.13. The fourth-order valence-corrected chi connectivity index (χ4v) is 8.90. The van der Waals surface area contributed by atoms with Gasteiger partial charge < -0.3 is 13.3 Å². The Morgan fingerprint density at radius 3 is 2.50 bits per heavy atom. The Kier molecular flexibility index (Phi) is 5.53. The van der Waals surface area contributed by atoms with Gasteiger partial charge in [-0.1, -0.05) is 19.9 Å². The number of furan rings is 1. The van der Waals surface area contributed by atoms with E-state index in [0.29, 0.717) is 5.54 Å². The first kappa shape index (κ1) is 17.7. The van der Waals surface area contributed by atoms with Crippen LogP contribution in [0, 0.1) is 0 Å².